The minimum Gasteiger partial charge on any atom is -0.495 e. The lowest BCUT2D eigenvalue weighted by atomic mass is 10.3. The van der Waals surface area contributed by atoms with Crippen molar-refractivity contribution in [1.82, 2.24) is 0 Å². The van der Waals surface area contributed by atoms with E-state index in [1.54, 1.807) is 0 Å². The Balaban J connectivity index is 2.58. The average molecular weight is 153 g/mol. The topological polar surface area (TPSA) is 9.23 Å². The first-order valence-corrected chi connectivity index (χ1v) is 3.23. The molecule has 1 nitrogen and oxygen atoms in total. The fourth-order valence-corrected chi connectivity index (χ4v) is 0.947. The lowest BCUT2D eigenvalue weighted by Crippen LogP contribution is -1.77. The molecule has 1 aliphatic rings. The molecule has 3 heteroatoms. The highest BCUT2D eigenvalue weighted by Gasteiger charge is 2.10. The van der Waals surface area contributed by atoms with Crippen molar-refractivity contribution in [3.05, 3.63) is 10.3 Å². The molecule has 1 rings (SSSR count). The molecule has 0 radical (unpaired) electrons. The molecule has 1 heterocycles. The SMILES string of the molecule is ClC(Cl)=C1CCCO1. The third-order valence-electron chi connectivity index (χ3n) is 1.04. The largest absolute Gasteiger partial charge is 0.495 e. The number of rotatable bonds is 0. The van der Waals surface area contributed by atoms with E-state index in [4.69, 9.17) is 27.9 Å². The van der Waals surface area contributed by atoms with E-state index in [0.717, 1.165) is 25.2 Å². The Morgan fingerprint density at radius 3 is 2.50 bits per heavy atom. The third-order valence-corrected chi connectivity index (χ3v) is 1.46. The highest BCUT2D eigenvalue weighted by atomic mass is 35.5. The second-order valence-electron chi connectivity index (χ2n) is 1.64. The van der Waals surface area contributed by atoms with Gasteiger partial charge in [-0.1, -0.05) is 23.2 Å². The molecule has 0 N–H and O–H groups in total. The summed E-state index contributed by atoms with van der Waals surface area (Å²) in [4.78, 5) is 0. The standard InChI is InChI=1S/C5H6Cl2O/c6-5(7)4-2-1-3-8-4/h1-3H2. The van der Waals surface area contributed by atoms with Gasteiger partial charge in [-0.05, 0) is 6.42 Å². The zero-order valence-corrected chi connectivity index (χ0v) is 5.80. The van der Waals surface area contributed by atoms with Gasteiger partial charge in [0.15, 0.2) is 0 Å². The van der Waals surface area contributed by atoms with Crippen LogP contribution in [0.5, 0.6) is 0 Å². The van der Waals surface area contributed by atoms with E-state index in [9.17, 15) is 0 Å². The highest BCUT2D eigenvalue weighted by molar-refractivity contribution is 6.56. The minimum atomic E-state index is 0.280. The number of halogens is 2. The first-order chi connectivity index (χ1) is 3.80. The molecule has 0 saturated carbocycles. The number of hydrogen-bond donors (Lipinski definition) is 0. The first-order valence-electron chi connectivity index (χ1n) is 2.47. The van der Waals surface area contributed by atoms with Crippen molar-refractivity contribution in [3.8, 4) is 0 Å². The molecule has 1 aliphatic heterocycles. The van der Waals surface area contributed by atoms with Gasteiger partial charge in [-0.15, -0.1) is 0 Å². The molecule has 0 bridgehead atoms. The van der Waals surface area contributed by atoms with Gasteiger partial charge in [0.05, 0.1) is 6.61 Å². The van der Waals surface area contributed by atoms with Crippen molar-refractivity contribution < 1.29 is 4.74 Å². The normalized spacial score (nSPS) is 18.5. The Hall–Kier alpha value is 0.120. The van der Waals surface area contributed by atoms with Crippen LogP contribution in [0.4, 0.5) is 0 Å². The summed E-state index contributed by atoms with van der Waals surface area (Å²) in [7, 11) is 0. The summed E-state index contributed by atoms with van der Waals surface area (Å²) < 4.78 is 5.31. The lowest BCUT2D eigenvalue weighted by molar-refractivity contribution is 0.263. The maximum atomic E-state index is 5.40. The van der Waals surface area contributed by atoms with Gasteiger partial charge in [0.2, 0.25) is 0 Å². The Morgan fingerprint density at radius 2 is 2.25 bits per heavy atom. The summed E-state index contributed by atoms with van der Waals surface area (Å²) in [6.07, 6.45) is 1.93. The third kappa shape index (κ3) is 1.30. The first kappa shape index (κ1) is 6.24. The van der Waals surface area contributed by atoms with Crippen molar-refractivity contribution in [2.45, 2.75) is 12.8 Å². The second-order valence-corrected chi connectivity index (χ2v) is 2.58. The molecule has 0 aromatic heterocycles. The molecule has 0 aliphatic carbocycles. The number of allylic oxidation sites excluding steroid dienone is 1. The van der Waals surface area contributed by atoms with Gasteiger partial charge in [0.1, 0.15) is 10.3 Å². The molecule has 0 atom stereocenters. The van der Waals surface area contributed by atoms with Crippen molar-refractivity contribution in [2.24, 2.45) is 0 Å². The molecule has 0 aromatic rings. The second kappa shape index (κ2) is 2.60. The maximum absolute atomic E-state index is 5.40. The van der Waals surface area contributed by atoms with Crippen LogP contribution < -0.4 is 0 Å². The quantitative estimate of drug-likeness (QED) is 0.519. The number of hydrogen-bond acceptors (Lipinski definition) is 1. The Bertz CT molecular complexity index is 108. The van der Waals surface area contributed by atoms with Crippen molar-refractivity contribution in [3.63, 3.8) is 0 Å². The van der Waals surface area contributed by atoms with Gasteiger partial charge < -0.3 is 4.74 Å². The molecule has 8 heavy (non-hydrogen) atoms. The minimum absolute atomic E-state index is 0.280. The van der Waals surface area contributed by atoms with Crippen LogP contribution in [0.1, 0.15) is 12.8 Å². The van der Waals surface area contributed by atoms with E-state index in [1.807, 2.05) is 0 Å². The van der Waals surface area contributed by atoms with Crippen LogP contribution in [0.3, 0.4) is 0 Å². The van der Waals surface area contributed by atoms with Crippen LogP contribution >= 0.6 is 23.2 Å². The molecule has 0 aromatic carbocycles. The molecule has 0 unspecified atom stereocenters. The number of ether oxygens (including phenoxy) is 1. The van der Waals surface area contributed by atoms with E-state index >= 15 is 0 Å². The fraction of sp³-hybridized carbons (Fsp3) is 0.600. The summed E-state index contributed by atoms with van der Waals surface area (Å²) in [5.74, 6) is 0.744. The highest BCUT2D eigenvalue weighted by Crippen LogP contribution is 2.24. The smallest absolute Gasteiger partial charge is 0.144 e. The summed E-state index contributed by atoms with van der Waals surface area (Å²) in [6.45, 7) is 0.762. The van der Waals surface area contributed by atoms with E-state index in [-0.39, 0.29) is 4.49 Å². The summed E-state index contributed by atoms with van der Waals surface area (Å²) in [5.41, 5.74) is 0. The van der Waals surface area contributed by atoms with Crippen LogP contribution in [0, 0.1) is 0 Å². The Kier molecular flexibility index (Phi) is 2.03. The van der Waals surface area contributed by atoms with Crippen LogP contribution in [0.15, 0.2) is 10.3 Å². The maximum Gasteiger partial charge on any atom is 0.144 e. The predicted molar refractivity (Wildman–Crippen MR) is 33.9 cm³/mol. The van der Waals surface area contributed by atoms with Gasteiger partial charge >= 0.3 is 0 Å². The van der Waals surface area contributed by atoms with Gasteiger partial charge in [0.25, 0.3) is 0 Å². The summed E-state index contributed by atoms with van der Waals surface area (Å²) in [6, 6.07) is 0. The predicted octanol–water partition coefficient (Wildman–Crippen LogP) is 2.44. The summed E-state index contributed by atoms with van der Waals surface area (Å²) in [5, 5.41) is 0. The van der Waals surface area contributed by atoms with E-state index < -0.39 is 0 Å². The Morgan fingerprint density at radius 1 is 1.50 bits per heavy atom. The van der Waals surface area contributed by atoms with Gasteiger partial charge in [-0.25, -0.2) is 0 Å². The van der Waals surface area contributed by atoms with E-state index in [2.05, 4.69) is 0 Å². The van der Waals surface area contributed by atoms with Crippen LogP contribution in [0.2, 0.25) is 0 Å². The van der Waals surface area contributed by atoms with E-state index in [0.29, 0.717) is 0 Å². The zero-order chi connectivity index (χ0) is 5.98. The van der Waals surface area contributed by atoms with Gasteiger partial charge in [0, 0.05) is 6.42 Å². The molecule has 1 saturated heterocycles. The van der Waals surface area contributed by atoms with Gasteiger partial charge in [-0.2, -0.15) is 0 Å². The van der Waals surface area contributed by atoms with Crippen LogP contribution in [-0.2, 0) is 4.74 Å². The molecular formula is C5H6Cl2O. The van der Waals surface area contributed by atoms with Crippen LogP contribution in [-0.4, -0.2) is 6.61 Å². The fourth-order valence-electron chi connectivity index (χ4n) is 0.649. The zero-order valence-electron chi connectivity index (χ0n) is 4.29. The van der Waals surface area contributed by atoms with Crippen molar-refractivity contribution >= 4 is 23.2 Å². The van der Waals surface area contributed by atoms with Gasteiger partial charge in [-0.3, -0.25) is 0 Å². The molecule has 1 fully saturated rings. The molecule has 46 valence electrons. The van der Waals surface area contributed by atoms with Crippen molar-refractivity contribution in [2.75, 3.05) is 6.61 Å². The molecule has 0 spiro atoms. The summed E-state index contributed by atoms with van der Waals surface area (Å²) >= 11 is 10.8. The van der Waals surface area contributed by atoms with Crippen LogP contribution in [0.25, 0.3) is 0 Å². The monoisotopic (exact) mass is 152 g/mol. The molecule has 0 amide bonds. The lowest BCUT2D eigenvalue weighted by Gasteiger charge is -1.94. The van der Waals surface area contributed by atoms with E-state index in [1.165, 1.54) is 0 Å². The Labute approximate surface area is 58.2 Å². The average Bonchev–Trinajstić information content (AvgIpc) is 2.12. The molecular weight excluding hydrogens is 147 g/mol. The van der Waals surface area contributed by atoms with Crippen molar-refractivity contribution in [1.29, 1.82) is 0 Å².